The first kappa shape index (κ1) is 16.9. The van der Waals surface area contributed by atoms with Gasteiger partial charge in [0.25, 0.3) is 5.91 Å². The number of benzene rings is 1. The SMILES string of the molecule is C=CCNC(=O)c1ccc(NC(=O)C(N)(CC)CC)cc1. The number of carbonyl (C=O) groups is 2. The Morgan fingerprint density at radius 1 is 1.24 bits per heavy atom. The number of rotatable bonds is 7. The highest BCUT2D eigenvalue weighted by molar-refractivity contribution is 5.99. The van der Waals surface area contributed by atoms with Crippen molar-refractivity contribution in [3.05, 3.63) is 42.5 Å². The van der Waals surface area contributed by atoms with E-state index in [1.165, 1.54) is 0 Å². The van der Waals surface area contributed by atoms with Crippen LogP contribution in [-0.4, -0.2) is 23.9 Å². The van der Waals surface area contributed by atoms with Gasteiger partial charge in [-0.1, -0.05) is 19.9 Å². The van der Waals surface area contributed by atoms with Crippen LogP contribution in [0.5, 0.6) is 0 Å². The summed E-state index contributed by atoms with van der Waals surface area (Å²) < 4.78 is 0. The molecule has 1 aromatic rings. The Bertz CT molecular complexity index is 505. The summed E-state index contributed by atoms with van der Waals surface area (Å²) in [5.41, 5.74) is 6.32. The molecule has 5 heteroatoms. The Morgan fingerprint density at radius 2 is 1.81 bits per heavy atom. The van der Waals surface area contributed by atoms with E-state index in [1.807, 2.05) is 13.8 Å². The highest BCUT2D eigenvalue weighted by Gasteiger charge is 2.29. The third-order valence-electron chi connectivity index (χ3n) is 3.53. The van der Waals surface area contributed by atoms with Crippen molar-refractivity contribution in [2.45, 2.75) is 32.2 Å². The zero-order valence-electron chi connectivity index (χ0n) is 12.6. The monoisotopic (exact) mass is 289 g/mol. The van der Waals surface area contributed by atoms with Gasteiger partial charge in [0.15, 0.2) is 0 Å². The van der Waals surface area contributed by atoms with Crippen LogP contribution < -0.4 is 16.4 Å². The van der Waals surface area contributed by atoms with Crippen molar-refractivity contribution in [1.29, 1.82) is 0 Å². The van der Waals surface area contributed by atoms with Crippen LogP contribution >= 0.6 is 0 Å². The number of nitrogens with two attached hydrogens (primary N) is 1. The van der Waals surface area contributed by atoms with E-state index in [2.05, 4.69) is 17.2 Å². The number of carbonyl (C=O) groups excluding carboxylic acids is 2. The van der Waals surface area contributed by atoms with Gasteiger partial charge in [-0.3, -0.25) is 9.59 Å². The summed E-state index contributed by atoms with van der Waals surface area (Å²) in [6.45, 7) is 7.72. The first-order valence-corrected chi connectivity index (χ1v) is 7.06. The molecule has 0 atom stereocenters. The molecule has 1 rings (SSSR count). The minimum atomic E-state index is -0.861. The van der Waals surface area contributed by atoms with Gasteiger partial charge < -0.3 is 16.4 Å². The van der Waals surface area contributed by atoms with E-state index in [0.29, 0.717) is 30.6 Å². The lowest BCUT2D eigenvalue weighted by atomic mass is 9.93. The van der Waals surface area contributed by atoms with Crippen molar-refractivity contribution in [3.63, 3.8) is 0 Å². The Balaban J connectivity index is 2.73. The van der Waals surface area contributed by atoms with E-state index < -0.39 is 5.54 Å². The van der Waals surface area contributed by atoms with Crippen LogP contribution in [0.25, 0.3) is 0 Å². The highest BCUT2D eigenvalue weighted by atomic mass is 16.2. The zero-order valence-corrected chi connectivity index (χ0v) is 12.6. The van der Waals surface area contributed by atoms with Crippen molar-refractivity contribution in [3.8, 4) is 0 Å². The molecular weight excluding hydrogens is 266 g/mol. The molecule has 5 nitrogen and oxygen atoms in total. The van der Waals surface area contributed by atoms with Crippen LogP contribution in [0.3, 0.4) is 0 Å². The van der Waals surface area contributed by atoms with Gasteiger partial charge in [0.1, 0.15) is 0 Å². The minimum Gasteiger partial charge on any atom is -0.349 e. The third-order valence-corrected chi connectivity index (χ3v) is 3.53. The maximum Gasteiger partial charge on any atom is 0.251 e. The summed E-state index contributed by atoms with van der Waals surface area (Å²) in [6, 6.07) is 6.69. The fourth-order valence-corrected chi connectivity index (χ4v) is 1.80. The molecule has 2 amide bonds. The van der Waals surface area contributed by atoms with Crippen LogP contribution in [0, 0.1) is 0 Å². The van der Waals surface area contributed by atoms with Gasteiger partial charge in [-0.25, -0.2) is 0 Å². The smallest absolute Gasteiger partial charge is 0.251 e. The number of hydrogen-bond donors (Lipinski definition) is 3. The largest absolute Gasteiger partial charge is 0.349 e. The summed E-state index contributed by atoms with van der Waals surface area (Å²) in [5.74, 6) is -0.389. The summed E-state index contributed by atoms with van der Waals surface area (Å²) in [6.07, 6.45) is 2.75. The third kappa shape index (κ3) is 4.43. The van der Waals surface area contributed by atoms with Crippen LogP contribution in [0.15, 0.2) is 36.9 Å². The second-order valence-corrected chi connectivity index (χ2v) is 4.89. The van der Waals surface area contributed by atoms with Crippen molar-refractivity contribution < 1.29 is 9.59 Å². The van der Waals surface area contributed by atoms with Gasteiger partial charge in [0.2, 0.25) is 5.91 Å². The first-order chi connectivity index (χ1) is 9.96. The second kappa shape index (κ2) is 7.59. The maximum absolute atomic E-state index is 12.1. The van der Waals surface area contributed by atoms with Crippen LogP contribution in [-0.2, 0) is 4.79 Å². The molecule has 0 radical (unpaired) electrons. The summed E-state index contributed by atoms with van der Waals surface area (Å²) >= 11 is 0. The normalized spacial score (nSPS) is 10.8. The van der Waals surface area contributed by atoms with Crippen molar-refractivity contribution in [2.75, 3.05) is 11.9 Å². The molecule has 0 fully saturated rings. The summed E-state index contributed by atoms with van der Waals surface area (Å²) in [4.78, 5) is 23.9. The second-order valence-electron chi connectivity index (χ2n) is 4.89. The zero-order chi connectivity index (χ0) is 15.9. The molecular formula is C16H23N3O2. The van der Waals surface area contributed by atoms with Crippen LogP contribution in [0.4, 0.5) is 5.69 Å². The van der Waals surface area contributed by atoms with Crippen LogP contribution in [0.1, 0.15) is 37.0 Å². The Kier molecular flexibility index (Phi) is 6.11. The van der Waals surface area contributed by atoms with Crippen molar-refractivity contribution >= 4 is 17.5 Å². The molecule has 0 saturated carbocycles. The molecule has 0 bridgehead atoms. The number of nitrogens with one attached hydrogen (secondary N) is 2. The van der Waals surface area contributed by atoms with E-state index in [9.17, 15) is 9.59 Å². The van der Waals surface area contributed by atoms with E-state index in [4.69, 9.17) is 5.73 Å². The molecule has 0 aliphatic rings. The number of anilines is 1. The average Bonchev–Trinajstić information content (AvgIpc) is 2.52. The van der Waals surface area contributed by atoms with Gasteiger partial charge in [-0.2, -0.15) is 0 Å². The lowest BCUT2D eigenvalue weighted by Crippen LogP contribution is -2.50. The molecule has 0 heterocycles. The van der Waals surface area contributed by atoms with Gasteiger partial charge in [-0.05, 0) is 37.1 Å². The Morgan fingerprint density at radius 3 is 2.29 bits per heavy atom. The molecule has 0 unspecified atom stereocenters. The molecule has 21 heavy (non-hydrogen) atoms. The summed E-state index contributed by atoms with van der Waals surface area (Å²) in [5, 5.41) is 5.47. The molecule has 0 aromatic heterocycles. The van der Waals surface area contributed by atoms with Gasteiger partial charge in [0, 0.05) is 17.8 Å². The molecule has 1 aromatic carbocycles. The maximum atomic E-state index is 12.1. The molecule has 0 aliphatic carbocycles. The van der Waals surface area contributed by atoms with Crippen molar-refractivity contribution in [1.82, 2.24) is 5.32 Å². The number of hydrogen-bond acceptors (Lipinski definition) is 3. The topological polar surface area (TPSA) is 84.2 Å². The lowest BCUT2D eigenvalue weighted by Gasteiger charge is -2.25. The predicted molar refractivity (Wildman–Crippen MR) is 85.1 cm³/mol. The molecule has 4 N–H and O–H groups in total. The lowest BCUT2D eigenvalue weighted by molar-refractivity contribution is -0.121. The fraction of sp³-hybridized carbons (Fsp3) is 0.375. The van der Waals surface area contributed by atoms with Crippen molar-refractivity contribution in [2.24, 2.45) is 5.73 Å². The quantitative estimate of drug-likeness (QED) is 0.672. The van der Waals surface area contributed by atoms with Gasteiger partial charge in [0.05, 0.1) is 5.54 Å². The average molecular weight is 289 g/mol. The summed E-state index contributed by atoms with van der Waals surface area (Å²) in [7, 11) is 0. The fourth-order valence-electron chi connectivity index (χ4n) is 1.80. The van der Waals surface area contributed by atoms with E-state index >= 15 is 0 Å². The standard InChI is InChI=1S/C16H23N3O2/c1-4-11-18-14(20)12-7-9-13(10-8-12)19-15(21)16(17,5-2)6-3/h4,7-10H,1,5-6,11,17H2,2-3H3,(H,18,20)(H,19,21). The molecule has 114 valence electrons. The Labute approximate surface area is 125 Å². The molecule has 0 spiro atoms. The number of amides is 2. The Hall–Kier alpha value is -2.14. The first-order valence-electron chi connectivity index (χ1n) is 7.06. The van der Waals surface area contributed by atoms with E-state index in [-0.39, 0.29) is 11.8 Å². The van der Waals surface area contributed by atoms with Gasteiger partial charge >= 0.3 is 0 Å². The highest BCUT2D eigenvalue weighted by Crippen LogP contribution is 2.16. The van der Waals surface area contributed by atoms with Gasteiger partial charge in [-0.15, -0.1) is 6.58 Å². The molecule has 0 aliphatic heterocycles. The molecule has 0 saturated heterocycles. The predicted octanol–water partition coefficient (Wildman–Crippen LogP) is 2.06. The minimum absolute atomic E-state index is 0.178. The van der Waals surface area contributed by atoms with E-state index in [1.54, 1.807) is 30.3 Å². The van der Waals surface area contributed by atoms with Crippen LogP contribution in [0.2, 0.25) is 0 Å². The van der Waals surface area contributed by atoms with E-state index in [0.717, 1.165) is 0 Å².